The quantitative estimate of drug-likeness (QED) is 0.342. The van der Waals surface area contributed by atoms with E-state index >= 15 is 0 Å². The summed E-state index contributed by atoms with van der Waals surface area (Å²) in [6, 6.07) is 0.697. The number of hydrogen-bond acceptors (Lipinski definition) is 4. The van der Waals surface area contributed by atoms with Crippen LogP contribution in [-0.2, 0) is 14.2 Å². The summed E-state index contributed by atoms with van der Waals surface area (Å²) in [6.07, 6.45) is 6.62. The molecule has 3 rings (SSSR count). The Balaban J connectivity index is 0.00000225. The van der Waals surface area contributed by atoms with Crippen LogP contribution >= 0.6 is 24.0 Å². The van der Waals surface area contributed by atoms with Crippen molar-refractivity contribution in [3.63, 3.8) is 0 Å². The minimum absolute atomic E-state index is 0. The van der Waals surface area contributed by atoms with E-state index in [9.17, 15) is 0 Å². The largest absolute Gasteiger partial charge is 0.379 e. The van der Waals surface area contributed by atoms with E-state index in [1.54, 1.807) is 0 Å². The summed E-state index contributed by atoms with van der Waals surface area (Å²) in [5.41, 5.74) is 0.342. The molecule has 146 valence electrons. The molecule has 0 amide bonds. The van der Waals surface area contributed by atoms with E-state index < -0.39 is 0 Å². The second-order valence-electron chi connectivity index (χ2n) is 7.40. The highest BCUT2D eigenvalue weighted by atomic mass is 127. The van der Waals surface area contributed by atoms with Crippen molar-refractivity contribution in [2.75, 3.05) is 33.5 Å². The van der Waals surface area contributed by atoms with Gasteiger partial charge in [0.2, 0.25) is 0 Å². The van der Waals surface area contributed by atoms with Gasteiger partial charge in [0.1, 0.15) is 0 Å². The van der Waals surface area contributed by atoms with Crippen molar-refractivity contribution in [3.8, 4) is 0 Å². The highest BCUT2D eigenvalue weighted by molar-refractivity contribution is 14.0. The molecule has 2 N–H and O–H groups in total. The molecule has 1 spiro atoms. The molecule has 2 saturated carbocycles. The Morgan fingerprint density at radius 2 is 2.16 bits per heavy atom. The Labute approximate surface area is 168 Å². The number of aliphatic imine (C=N–C) groups is 1. The second kappa shape index (κ2) is 9.71. The highest BCUT2D eigenvalue weighted by Crippen LogP contribution is 2.57. The highest BCUT2D eigenvalue weighted by Gasteiger charge is 2.59. The summed E-state index contributed by atoms with van der Waals surface area (Å²) in [7, 11) is 1.83. The van der Waals surface area contributed by atoms with Crippen LogP contribution in [0, 0.1) is 5.41 Å². The maximum atomic E-state index is 5.93. The van der Waals surface area contributed by atoms with E-state index in [0.29, 0.717) is 24.2 Å². The van der Waals surface area contributed by atoms with Gasteiger partial charge in [0, 0.05) is 37.8 Å². The minimum Gasteiger partial charge on any atom is -0.379 e. The summed E-state index contributed by atoms with van der Waals surface area (Å²) >= 11 is 0. The van der Waals surface area contributed by atoms with Crippen molar-refractivity contribution in [2.45, 2.75) is 70.2 Å². The molecular formula is C18H34IN3O3. The molecule has 1 heterocycles. The summed E-state index contributed by atoms with van der Waals surface area (Å²) in [5, 5.41) is 7.08. The third-order valence-electron chi connectivity index (χ3n) is 5.82. The van der Waals surface area contributed by atoms with E-state index in [1.807, 2.05) is 7.05 Å². The first kappa shape index (κ1) is 21.2. The van der Waals surface area contributed by atoms with Crippen molar-refractivity contribution < 1.29 is 14.2 Å². The predicted molar refractivity (Wildman–Crippen MR) is 110 cm³/mol. The van der Waals surface area contributed by atoms with Gasteiger partial charge in [-0.3, -0.25) is 4.99 Å². The van der Waals surface area contributed by atoms with Crippen LogP contribution in [0.5, 0.6) is 0 Å². The van der Waals surface area contributed by atoms with E-state index in [1.165, 1.54) is 19.3 Å². The Morgan fingerprint density at radius 1 is 1.36 bits per heavy atom. The molecule has 0 bridgehead atoms. The first-order chi connectivity index (χ1) is 11.7. The molecule has 6 nitrogen and oxygen atoms in total. The Hall–Kier alpha value is -0.120. The molecule has 7 heteroatoms. The number of halogens is 1. The standard InChI is InChI=1S/C18H33N3O3.HI/c1-4-23-16-10-15(18(16)7-5-8-18)21-17(19-3)20-13(2)11-24-14-6-9-22-12-14;/h13-16H,4-12H2,1-3H3,(H2,19,20,21);1H. The van der Waals surface area contributed by atoms with Crippen LogP contribution in [0.2, 0.25) is 0 Å². The van der Waals surface area contributed by atoms with Crippen LogP contribution in [0.4, 0.5) is 0 Å². The summed E-state index contributed by atoms with van der Waals surface area (Å²) in [4.78, 5) is 4.40. The first-order valence-corrected chi connectivity index (χ1v) is 9.48. The van der Waals surface area contributed by atoms with Crippen molar-refractivity contribution in [1.82, 2.24) is 10.6 Å². The van der Waals surface area contributed by atoms with Crippen LogP contribution < -0.4 is 10.6 Å². The Morgan fingerprint density at radius 3 is 2.72 bits per heavy atom. The first-order valence-electron chi connectivity index (χ1n) is 9.48. The zero-order chi connectivity index (χ0) is 17.0. The zero-order valence-electron chi connectivity index (χ0n) is 15.8. The van der Waals surface area contributed by atoms with Crippen LogP contribution in [0.15, 0.2) is 4.99 Å². The van der Waals surface area contributed by atoms with Crippen LogP contribution in [0.25, 0.3) is 0 Å². The van der Waals surface area contributed by atoms with Gasteiger partial charge in [0.05, 0.1) is 25.4 Å². The monoisotopic (exact) mass is 467 g/mol. The molecule has 2 aliphatic carbocycles. The smallest absolute Gasteiger partial charge is 0.191 e. The van der Waals surface area contributed by atoms with Crippen molar-refractivity contribution in [2.24, 2.45) is 10.4 Å². The van der Waals surface area contributed by atoms with E-state index in [2.05, 4.69) is 29.5 Å². The molecule has 4 atom stereocenters. The fraction of sp³-hybridized carbons (Fsp3) is 0.944. The minimum atomic E-state index is 0. The molecule has 0 radical (unpaired) electrons. The van der Waals surface area contributed by atoms with Crippen LogP contribution in [0.1, 0.15) is 46.0 Å². The third kappa shape index (κ3) is 4.78. The Bertz CT molecular complexity index is 439. The van der Waals surface area contributed by atoms with E-state index in [-0.39, 0.29) is 36.1 Å². The van der Waals surface area contributed by atoms with Gasteiger partial charge in [-0.1, -0.05) is 6.42 Å². The predicted octanol–water partition coefficient (Wildman–Crippen LogP) is 2.31. The lowest BCUT2D eigenvalue weighted by atomic mass is 9.51. The maximum Gasteiger partial charge on any atom is 0.191 e. The van der Waals surface area contributed by atoms with Crippen molar-refractivity contribution >= 4 is 29.9 Å². The van der Waals surface area contributed by atoms with Crippen LogP contribution in [0.3, 0.4) is 0 Å². The lowest BCUT2D eigenvalue weighted by Gasteiger charge is -2.61. The molecule has 0 aromatic carbocycles. The fourth-order valence-corrected chi connectivity index (χ4v) is 4.18. The van der Waals surface area contributed by atoms with E-state index in [0.717, 1.165) is 38.6 Å². The molecule has 1 aliphatic heterocycles. The van der Waals surface area contributed by atoms with Gasteiger partial charge in [0.25, 0.3) is 0 Å². The fourth-order valence-electron chi connectivity index (χ4n) is 4.18. The summed E-state index contributed by atoms with van der Waals surface area (Å²) in [6.45, 7) is 7.25. The Kier molecular flexibility index (Phi) is 8.23. The molecule has 4 unspecified atom stereocenters. The van der Waals surface area contributed by atoms with Gasteiger partial charge in [-0.25, -0.2) is 0 Å². The second-order valence-corrected chi connectivity index (χ2v) is 7.40. The maximum absolute atomic E-state index is 5.93. The molecule has 3 fully saturated rings. The number of ether oxygens (including phenoxy) is 3. The number of rotatable bonds is 7. The summed E-state index contributed by atoms with van der Waals surface area (Å²) < 4.78 is 17.2. The molecule has 0 aromatic rings. The average molecular weight is 467 g/mol. The van der Waals surface area contributed by atoms with Gasteiger partial charge < -0.3 is 24.8 Å². The normalized spacial score (nSPS) is 31.6. The molecule has 25 heavy (non-hydrogen) atoms. The SMILES string of the molecule is CCOC1CC(NC(=NC)NC(C)COC2CCOC2)C12CCC2.I. The van der Waals surface area contributed by atoms with Gasteiger partial charge in [-0.15, -0.1) is 24.0 Å². The van der Waals surface area contributed by atoms with Gasteiger partial charge >= 0.3 is 0 Å². The van der Waals surface area contributed by atoms with E-state index in [4.69, 9.17) is 14.2 Å². The molecular weight excluding hydrogens is 433 g/mol. The third-order valence-corrected chi connectivity index (χ3v) is 5.82. The summed E-state index contributed by atoms with van der Waals surface area (Å²) in [5.74, 6) is 0.875. The number of nitrogens with zero attached hydrogens (tertiary/aromatic N) is 1. The zero-order valence-corrected chi connectivity index (χ0v) is 18.1. The number of guanidine groups is 1. The topological polar surface area (TPSA) is 64.1 Å². The molecule has 3 aliphatic rings. The van der Waals surface area contributed by atoms with Crippen molar-refractivity contribution in [3.05, 3.63) is 0 Å². The van der Waals surface area contributed by atoms with Gasteiger partial charge in [-0.2, -0.15) is 0 Å². The average Bonchev–Trinajstić information content (AvgIpc) is 3.02. The van der Waals surface area contributed by atoms with Gasteiger partial charge in [0.15, 0.2) is 5.96 Å². The van der Waals surface area contributed by atoms with Gasteiger partial charge in [-0.05, 0) is 39.5 Å². The van der Waals surface area contributed by atoms with Crippen molar-refractivity contribution in [1.29, 1.82) is 0 Å². The number of hydrogen-bond donors (Lipinski definition) is 2. The molecule has 1 saturated heterocycles. The molecule has 0 aromatic heterocycles. The number of nitrogens with one attached hydrogen (secondary N) is 2. The lowest BCUT2D eigenvalue weighted by molar-refractivity contribution is -0.168. The lowest BCUT2D eigenvalue weighted by Crippen LogP contribution is -2.69. The van der Waals surface area contributed by atoms with Crippen LogP contribution in [-0.4, -0.2) is 63.7 Å².